The average molecular weight is 323 g/mol. The number of rotatable bonds is 3. The molecule has 0 spiro atoms. The van der Waals surface area contributed by atoms with Gasteiger partial charge in [0.2, 0.25) is 0 Å². The largest absolute Gasteiger partial charge is 0.424 e. The lowest BCUT2D eigenvalue weighted by atomic mass is 9.86. The van der Waals surface area contributed by atoms with Crippen LogP contribution < -0.4 is 4.74 Å². The van der Waals surface area contributed by atoms with Crippen LogP contribution in [0.5, 0.6) is 5.75 Å². The molecule has 0 radical (unpaired) electrons. The van der Waals surface area contributed by atoms with E-state index in [2.05, 4.69) is 31.1 Å². The summed E-state index contributed by atoms with van der Waals surface area (Å²) in [4.78, 5) is 12.0. The molecule has 1 aromatic heterocycles. The highest BCUT2D eigenvalue weighted by atomic mass is 16.5. The number of hydrogen-bond acceptors (Lipinski definition) is 4. The molecule has 0 atom stereocenters. The lowest BCUT2D eigenvalue weighted by Crippen LogP contribution is -2.18. The number of fused-ring (bicyclic) bond motifs is 1. The van der Waals surface area contributed by atoms with Crippen molar-refractivity contribution in [3.05, 3.63) is 48.0 Å². The normalized spacial score (nSPS) is 11.7. The maximum Gasteiger partial charge on any atom is 0.310 e. The summed E-state index contributed by atoms with van der Waals surface area (Å²) in [6, 6.07) is 13.6. The van der Waals surface area contributed by atoms with Crippen molar-refractivity contribution in [2.45, 2.75) is 39.5 Å². The summed E-state index contributed by atoms with van der Waals surface area (Å²) in [6.45, 7) is 8.06. The number of hydrogen-bond donors (Lipinski definition) is 0. The Morgan fingerprint density at radius 1 is 1.12 bits per heavy atom. The molecule has 0 bridgehead atoms. The van der Waals surface area contributed by atoms with Gasteiger partial charge in [-0.1, -0.05) is 57.2 Å². The van der Waals surface area contributed by atoms with Gasteiger partial charge in [-0.3, -0.25) is 4.79 Å². The first kappa shape index (κ1) is 16.2. The zero-order chi connectivity index (χ0) is 17.3. The minimum atomic E-state index is -0.266. The summed E-state index contributed by atoms with van der Waals surface area (Å²) in [5.74, 6) is 0.282. The van der Waals surface area contributed by atoms with Crippen LogP contribution in [-0.4, -0.2) is 21.0 Å². The maximum atomic E-state index is 12.0. The van der Waals surface area contributed by atoms with E-state index in [1.807, 2.05) is 42.5 Å². The van der Waals surface area contributed by atoms with E-state index in [1.165, 1.54) is 0 Å². The highest BCUT2D eigenvalue weighted by Crippen LogP contribution is 2.37. The van der Waals surface area contributed by atoms with Crippen molar-refractivity contribution in [1.29, 1.82) is 0 Å². The summed E-state index contributed by atoms with van der Waals surface area (Å²) >= 11 is 0. The minimum absolute atomic E-state index is 0.171. The fraction of sp³-hybridized carbons (Fsp3) is 0.316. The van der Waals surface area contributed by atoms with Crippen molar-refractivity contribution in [2.24, 2.45) is 0 Å². The van der Waals surface area contributed by atoms with Gasteiger partial charge in [-0.15, -0.1) is 5.10 Å². The Labute approximate surface area is 141 Å². The molecular formula is C19H21N3O2. The predicted octanol–water partition coefficient (Wildman–Crippen LogP) is 4.03. The molecule has 1 heterocycles. The van der Waals surface area contributed by atoms with Gasteiger partial charge < -0.3 is 4.74 Å². The molecule has 2 aromatic carbocycles. The van der Waals surface area contributed by atoms with Crippen molar-refractivity contribution in [1.82, 2.24) is 15.0 Å². The molecule has 24 heavy (non-hydrogen) atoms. The van der Waals surface area contributed by atoms with E-state index < -0.39 is 0 Å². The van der Waals surface area contributed by atoms with Crippen molar-refractivity contribution in [3.63, 3.8) is 0 Å². The Bertz CT molecular complexity index is 891. The Morgan fingerprint density at radius 2 is 1.88 bits per heavy atom. The molecule has 5 heteroatoms. The second-order valence-electron chi connectivity index (χ2n) is 6.72. The van der Waals surface area contributed by atoms with Gasteiger partial charge in [0, 0.05) is 12.0 Å². The second-order valence-corrected chi connectivity index (χ2v) is 6.72. The second kappa shape index (κ2) is 6.07. The fourth-order valence-electron chi connectivity index (χ4n) is 2.62. The molecule has 0 aliphatic carbocycles. The first-order valence-electron chi connectivity index (χ1n) is 8.07. The molecule has 0 amide bonds. The molecule has 0 N–H and O–H groups in total. The van der Waals surface area contributed by atoms with Crippen LogP contribution >= 0.6 is 0 Å². The Hall–Kier alpha value is -2.69. The van der Waals surface area contributed by atoms with E-state index >= 15 is 0 Å². The number of benzene rings is 2. The van der Waals surface area contributed by atoms with Crippen LogP contribution in [0.3, 0.4) is 0 Å². The van der Waals surface area contributed by atoms with E-state index in [4.69, 9.17) is 4.74 Å². The number of ether oxygens (including phenoxy) is 1. The van der Waals surface area contributed by atoms with Crippen LogP contribution in [0, 0.1) is 0 Å². The monoisotopic (exact) mass is 323 g/mol. The van der Waals surface area contributed by atoms with E-state index in [1.54, 1.807) is 11.6 Å². The Morgan fingerprint density at radius 3 is 2.58 bits per heavy atom. The van der Waals surface area contributed by atoms with Gasteiger partial charge in [-0.05, 0) is 23.6 Å². The van der Waals surface area contributed by atoms with Crippen molar-refractivity contribution in [3.8, 4) is 11.4 Å². The van der Waals surface area contributed by atoms with Gasteiger partial charge >= 0.3 is 5.97 Å². The van der Waals surface area contributed by atoms with Crippen LogP contribution in [0.4, 0.5) is 0 Å². The first-order valence-corrected chi connectivity index (χ1v) is 8.07. The van der Waals surface area contributed by atoms with Crippen molar-refractivity contribution < 1.29 is 9.53 Å². The van der Waals surface area contributed by atoms with Gasteiger partial charge in [0.25, 0.3) is 0 Å². The molecule has 0 unspecified atom stereocenters. The zero-order valence-corrected chi connectivity index (χ0v) is 14.4. The number of carbonyl (C=O) groups excluding carboxylic acids is 1. The molecule has 124 valence electrons. The van der Waals surface area contributed by atoms with E-state index in [9.17, 15) is 4.79 Å². The lowest BCUT2D eigenvalue weighted by molar-refractivity contribution is -0.134. The van der Waals surface area contributed by atoms with E-state index in [0.29, 0.717) is 12.2 Å². The SMILES string of the molecule is CCC(=O)Oc1c(-n2nnc3ccccc32)cccc1C(C)(C)C. The Kier molecular flexibility index (Phi) is 4.09. The summed E-state index contributed by atoms with van der Waals surface area (Å²) in [5, 5.41) is 8.46. The molecule has 0 aliphatic rings. The molecule has 3 aromatic rings. The van der Waals surface area contributed by atoms with Crippen LogP contribution in [0.15, 0.2) is 42.5 Å². The maximum absolute atomic E-state index is 12.0. The number of para-hydroxylation sites is 2. The quantitative estimate of drug-likeness (QED) is 0.539. The number of esters is 1. The van der Waals surface area contributed by atoms with Gasteiger partial charge in [0.1, 0.15) is 11.2 Å². The lowest BCUT2D eigenvalue weighted by Gasteiger charge is -2.24. The van der Waals surface area contributed by atoms with E-state index in [-0.39, 0.29) is 11.4 Å². The molecule has 3 rings (SSSR count). The summed E-state index contributed by atoms with van der Waals surface area (Å²) < 4.78 is 7.42. The summed E-state index contributed by atoms with van der Waals surface area (Å²) in [6.07, 6.45) is 0.315. The third-order valence-corrected chi connectivity index (χ3v) is 3.89. The first-order chi connectivity index (χ1) is 11.4. The standard InChI is InChI=1S/C19H21N3O2/c1-5-17(23)24-18-13(19(2,3)4)9-8-12-16(18)22-15-11-7-6-10-14(15)20-21-22/h6-12H,5H2,1-4H3. The molecule has 0 fully saturated rings. The van der Waals surface area contributed by atoms with Gasteiger partial charge in [0.15, 0.2) is 5.75 Å². The molecular weight excluding hydrogens is 302 g/mol. The average Bonchev–Trinajstić information content (AvgIpc) is 2.98. The van der Waals surface area contributed by atoms with Crippen LogP contribution in [0.25, 0.3) is 16.7 Å². The van der Waals surface area contributed by atoms with E-state index in [0.717, 1.165) is 22.3 Å². The van der Waals surface area contributed by atoms with Gasteiger partial charge in [0.05, 0.1) is 5.52 Å². The molecule has 0 saturated carbocycles. The van der Waals surface area contributed by atoms with Crippen molar-refractivity contribution >= 4 is 17.0 Å². The topological polar surface area (TPSA) is 57.0 Å². The van der Waals surface area contributed by atoms with Crippen LogP contribution in [0.2, 0.25) is 0 Å². The smallest absolute Gasteiger partial charge is 0.310 e. The minimum Gasteiger partial charge on any atom is -0.424 e. The van der Waals surface area contributed by atoms with Crippen LogP contribution in [0.1, 0.15) is 39.7 Å². The van der Waals surface area contributed by atoms with Gasteiger partial charge in [-0.25, -0.2) is 4.68 Å². The van der Waals surface area contributed by atoms with Crippen molar-refractivity contribution in [2.75, 3.05) is 0 Å². The molecule has 5 nitrogen and oxygen atoms in total. The number of nitrogens with zero attached hydrogens (tertiary/aromatic N) is 3. The van der Waals surface area contributed by atoms with Gasteiger partial charge in [-0.2, -0.15) is 0 Å². The highest BCUT2D eigenvalue weighted by Gasteiger charge is 2.24. The highest BCUT2D eigenvalue weighted by molar-refractivity contribution is 5.79. The number of aromatic nitrogens is 3. The summed E-state index contributed by atoms with van der Waals surface area (Å²) in [7, 11) is 0. The third-order valence-electron chi connectivity index (χ3n) is 3.89. The number of carbonyl (C=O) groups is 1. The molecule has 0 saturated heterocycles. The summed E-state index contributed by atoms with van der Waals surface area (Å²) in [5.41, 5.74) is 3.18. The molecule has 0 aliphatic heterocycles. The third kappa shape index (κ3) is 2.89. The Balaban J connectivity index is 2.25. The van der Waals surface area contributed by atoms with Crippen LogP contribution in [-0.2, 0) is 10.2 Å². The zero-order valence-electron chi connectivity index (χ0n) is 14.4. The predicted molar refractivity (Wildman–Crippen MR) is 93.5 cm³/mol. The fourth-order valence-corrected chi connectivity index (χ4v) is 2.62.